The van der Waals surface area contributed by atoms with Crippen molar-refractivity contribution >= 4 is 34.2 Å². The maximum absolute atomic E-state index is 11.8. The number of amides is 1. The minimum Gasteiger partial charge on any atom is -0.376 e. The van der Waals surface area contributed by atoms with E-state index in [-0.39, 0.29) is 12.5 Å². The topological polar surface area (TPSA) is 41.1 Å². The summed E-state index contributed by atoms with van der Waals surface area (Å²) in [7, 11) is 0. The summed E-state index contributed by atoms with van der Waals surface area (Å²) in [5.41, 5.74) is 3.30. The molecule has 3 nitrogen and oxygen atoms in total. The lowest BCUT2D eigenvalue weighted by atomic mass is 10.1. The summed E-state index contributed by atoms with van der Waals surface area (Å²) in [6, 6.07) is 16.0. The highest BCUT2D eigenvalue weighted by Crippen LogP contribution is 2.10. The molecular weight excluding hydrogens is 363 g/mol. The molecule has 0 aliphatic carbocycles. The predicted molar refractivity (Wildman–Crippen MR) is 90.7 cm³/mol. The van der Waals surface area contributed by atoms with E-state index in [0.717, 1.165) is 11.3 Å². The predicted octanol–water partition coefficient (Wildman–Crippen LogP) is 3.33. The first-order valence-corrected chi connectivity index (χ1v) is 7.53. The van der Waals surface area contributed by atoms with E-state index >= 15 is 0 Å². The molecule has 0 saturated carbocycles. The Kier molecular flexibility index (Phi) is 5.40. The van der Waals surface area contributed by atoms with E-state index in [1.54, 1.807) is 0 Å². The first-order valence-electron chi connectivity index (χ1n) is 6.46. The number of rotatable bonds is 5. The Labute approximate surface area is 132 Å². The molecule has 2 N–H and O–H groups in total. The smallest absolute Gasteiger partial charge is 0.239 e. The second-order valence-electron chi connectivity index (χ2n) is 4.56. The SMILES string of the molecule is Cc1ccccc1CNC(=O)CNc1ccc(I)cc1. The van der Waals surface area contributed by atoms with Crippen LogP contribution in [0.4, 0.5) is 5.69 Å². The Morgan fingerprint density at radius 3 is 2.50 bits per heavy atom. The fourth-order valence-electron chi connectivity index (χ4n) is 1.81. The molecule has 0 aliphatic rings. The van der Waals surface area contributed by atoms with Gasteiger partial charge in [0.2, 0.25) is 5.91 Å². The first kappa shape index (κ1) is 14.8. The number of anilines is 1. The summed E-state index contributed by atoms with van der Waals surface area (Å²) in [4.78, 5) is 11.8. The van der Waals surface area contributed by atoms with Crippen molar-refractivity contribution in [2.24, 2.45) is 0 Å². The number of hydrogen-bond acceptors (Lipinski definition) is 2. The van der Waals surface area contributed by atoms with E-state index in [4.69, 9.17) is 0 Å². The molecule has 0 radical (unpaired) electrons. The minimum atomic E-state index is -0.00759. The Balaban J connectivity index is 1.78. The van der Waals surface area contributed by atoms with Crippen LogP contribution >= 0.6 is 22.6 Å². The summed E-state index contributed by atoms with van der Waals surface area (Å²) in [5, 5.41) is 6.03. The second kappa shape index (κ2) is 7.28. The standard InChI is InChI=1S/C16H17IN2O/c1-12-4-2-3-5-13(12)10-19-16(20)11-18-15-8-6-14(17)7-9-15/h2-9,18H,10-11H2,1H3,(H,19,20). The van der Waals surface area contributed by atoms with Crippen molar-refractivity contribution in [2.75, 3.05) is 11.9 Å². The van der Waals surface area contributed by atoms with Crippen molar-refractivity contribution in [3.05, 3.63) is 63.2 Å². The molecular formula is C16H17IN2O. The van der Waals surface area contributed by atoms with Crippen molar-refractivity contribution in [2.45, 2.75) is 13.5 Å². The van der Waals surface area contributed by atoms with Crippen LogP contribution in [-0.4, -0.2) is 12.5 Å². The van der Waals surface area contributed by atoms with E-state index in [2.05, 4.69) is 33.2 Å². The molecule has 20 heavy (non-hydrogen) atoms. The second-order valence-corrected chi connectivity index (χ2v) is 5.81. The molecule has 1 amide bonds. The Morgan fingerprint density at radius 1 is 1.10 bits per heavy atom. The van der Waals surface area contributed by atoms with Crippen molar-refractivity contribution in [1.82, 2.24) is 5.32 Å². The number of halogens is 1. The maximum Gasteiger partial charge on any atom is 0.239 e. The average molecular weight is 380 g/mol. The fourth-order valence-corrected chi connectivity index (χ4v) is 2.17. The summed E-state index contributed by atoms with van der Waals surface area (Å²) in [6.45, 7) is 2.90. The third-order valence-electron chi connectivity index (χ3n) is 3.03. The van der Waals surface area contributed by atoms with Crippen molar-refractivity contribution in [3.63, 3.8) is 0 Å². The van der Waals surface area contributed by atoms with Gasteiger partial charge in [-0.25, -0.2) is 0 Å². The van der Waals surface area contributed by atoms with Crippen LogP contribution in [0.2, 0.25) is 0 Å². The molecule has 0 heterocycles. The monoisotopic (exact) mass is 380 g/mol. The molecule has 0 aliphatic heterocycles. The van der Waals surface area contributed by atoms with Gasteiger partial charge in [-0.3, -0.25) is 4.79 Å². The number of benzene rings is 2. The Bertz CT molecular complexity index is 581. The quantitative estimate of drug-likeness (QED) is 0.782. The number of carbonyl (C=O) groups is 1. The van der Waals surface area contributed by atoms with E-state index < -0.39 is 0 Å². The van der Waals surface area contributed by atoms with Gasteiger partial charge in [-0.2, -0.15) is 0 Å². The van der Waals surface area contributed by atoms with Gasteiger partial charge in [-0.05, 0) is 64.9 Å². The maximum atomic E-state index is 11.8. The van der Waals surface area contributed by atoms with Gasteiger partial charge >= 0.3 is 0 Å². The van der Waals surface area contributed by atoms with E-state index in [0.29, 0.717) is 6.54 Å². The molecule has 0 fully saturated rings. The van der Waals surface area contributed by atoms with Gasteiger partial charge in [0.15, 0.2) is 0 Å². The lowest BCUT2D eigenvalue weighted by Gasteiger charge is -2.09. The number of aryl methyl sites for hydroxylation is 1. The molecule has 2 aromatic rings. The lowest BCUT2D eigenvalue weighted by Crippen LogP contribution is -2.29. The summed E-state index contributed by atoms with van der Waals surface area (Å²) in [6.07, 6.45) is 0. The van der Waals surface area contributed by atoms with Crippen molar-refractivity contribution in [3.8, 4) is 0 Å². The Hall–Kier alpha value is -1.56. The van der Waals surface area contributed by atoms with Crippen LogP contribution in [0.3, 0.4) is 0 Å². The van der Waals surface area contributed by atoms with Crippen LogP contribution in [0.1, 0.15) is 11.1 Å². The third kappa shape index (κ3) is 4.52. The van der Waals surface area contributed by atoms with Crippen LogP contribution in [0, 0.1) is 10.5 Å². The molecule has 0 bridgehead atoms. The third-order valence-corrected chi connectivity index (χ3v) is 3.75. The molecule has 2 rings (SSSR count). The minimum absolute atomic E-state index is 0.00759. The van der Waals surface area contributed by atoms with Crippen LogP contribution in [0.15, 0.2) is 48.5 Å². The van der Waals surface area contributed by atoms with Gasteiger partial charge in [-0.1, -0.05) is 24.3 Å². The normalized spacial score (nSPS) is 10.1. The molecule has 0 spiro atoms. The van der Waals surface area contributed by atoms with E-state index in [1.165, 1.54) is 9.13 Å². The average Bonchev–Trinajstić information content (AvgIpc) is 2.46. The van der Waals surface area contributed by atoms with Crippen molar-refractivity contribution in [1.29, 1.82) is 0 Å². The van der Waals surface area contributed by atoms with Crippen LogP contribution in [0.5, 0.6) is 0 Å². The molecule has 2 aromatic carbocycles. The van der Waals surface area contributed by atoms with E-state index in [9.17, 15) is 4.79 Å². The van der Waals surface area contributed by atoms with Crippen molar-refractivity contribution < 1.29 is 4.79 Å². The highest BCUT2D eigenvalue weighted by molar-refractivity contribution is 14.1. The van der Waals surface area contributed by atoms with Gasteiger partial charge in [0.1, 0.15) is 0 Å². The van der Waals surface area contributed by atoms with E-state index in [1.807, 2.05) is 55.5 Å². The van der Waals surface area contributed by atoms with Crippen LogP contribution in [0.25, 0.3) is 0 Å². The summed E-state index contributed by atoms with van der Waals surface area (Å²) in [5.74, 6) is -0.00759. The molecule has 0 unspecified atom stereocenters. The highest BCUT2D eigenvalue weighted by atomic mass is 127. The largest absolute Gasteiger partial charge is 0.376 e. The Morgan fingerprint density at radius 2 is 1.80 bits per heavy atom. The number of nitrogens with one attached hydrogen (secondary N) is 2. The molecule has 104 valence electrons. The van der Waals surface area contributed by atoms with Crippen LogP contribution < -0.4 is 10.6 Å². The zero-order valence-corrected chi connectivity index (χ0v) is 13.5. The zero-order valence-electron chi connectivity index (χ0n) is 11.3. The number of hydrogen-bond donors (Lipinski definition) is 2. The summed E-state index contributed by atoms with van der Waals surface area (Å²) >= 11 is 2.25. The highest BCUT2D eigenvalue weighted by Gasteiger charge is 2.02. The van der Waals surface area contributed by atoms with Gasteiger partial charge < -0.3 is 10.6 Å². The molecule has 0 aromatic heterocycles. The molecule has 0 atom stereocenters. The lowest BCUT2D eigenvalue weighted by molar-refractivity contribution is -0.119. The van der Waals surface area contributed by atoms with Gasteiger partial charge in [0.25, 0.3) is 0 Å². The fraction of sp³-hybridized carbons (Fsp3) is 0.188. The van der Waals surface area contributed by atoms with Gasteiger partial charge in [-0.15, -0.1) is 0 Å². The van der Waals surface area contributed by atoms with Gasteiger partial charge in [0.05, 0.1) is 6.54 Å². The molecule has 4 heteroatoms. The zero-order chi connectivity index (χ0) is 14.4. The number of carbonyl (C=O) groups excluding carboxylic acids is 1. The van der Waals surface area contributed by atoms with Gasteiger partial charge in [0, 0.05) is 15.8 Å². The first-order chi connectivity index (χ1) is 9.65. The molecule has 0 saturated heterocycles. The van der Waals surface area contributed by atoms with Crippen LogP contribution in [-0.2, 0) is 11.3 Å². The summed E-state index contributed by atoms with van der Waals surface area (Å²) < 4.78 is 1.18.